The van der Waals surface area contributed by atoms with Crippen molar-refractivity contribution in [1.82, 2.24) is 9.88 Å². The van der Waals surface area contributed by atoms with Crippen LogP contribution >= 0.6 is 0 Å². The second kappa shape index (κ2) is 7.06. The van der Waals surface area contributed by atoms with Gasteiger partial charge in [0.2, 0.25) is 0 Å². The van der Waals surface area contributed by atoms with E-state index in [1.807, 2.05) is 30.5 Å². The minimum atomic E-state index is -0.377. The van der Waals surface area contributed by atoms with Crippen molar-refractivity contribution in [3.63, 3.8) is 0 Å². The molecule has 3 aromatic rings. The highest BCUT2D eigenvalue weighted by Crippen LogP contribution is 2.24. The van der Waals surface area contributed by atoms with Crippen molar-refractivity contribution in [3.8, 4) is 6.07 Å². The molecule has 2 aromatic carbocycles. The molecule has 0 radical (unpaired) electrons. The third-order valence-electron chi connectivity index (χ3n) is 4.15. The van der Waals surface area contributed by atoms with Crippen molar-refractivity contribution in [2.24, 2.45) is 0 Å². The molecule has 25 heavy (non-hydrogen) atoms. The van der Waals surface area contributed by atoms with Gasteiger partial charge in [-0.15, -0.1) is 0 Å². The molecule has 1 amide bonds. The zero-order valence-electron chi connectivity index (χ0n) is 14.3. The van der Waals surface area contributed by atoms with E-state index in [2.05, 4.69) is 47.1 Å². The van der Waals surface area contributed by atoms with Gasteiger partial charge in [0.25, 0.3) is 5.91 Å². The molecule has 0 unspecified atom stereocenters. The molecule has 0 saturated carbocycles. The number of amides is 1. The van der Waals surface area contributed by atoms with Crippen LogP contribution in [0.5, 0.6) is 0 Å². The van der Waals surface area contributed by atoms with Crippen molar-refractivity contribution in [1.29, 1.82) is 5.26 Å². The zero-order valence-corrected chi connectivity index (χ0v) is 14.3. The maximum atomic E-state index is 11.8. The van der Waals surface area contributed by atoms with Gasteiger partial charge in [-0.2, -0.15) is 5.26 Å². The van der Waals surface area contributed by atoms with Crippen molar-refractivity contribution < 1.29 is 4.79 Å². The number of nitrogens with zero attached hydrogens (tertiary/aromatic N) is 2. The van der Waals surface area contributed by atoms with E-state index in [9.17, 15) is 10.1 Å². The molecule has 0 aliphatic rings. The number of para-hydroxylation sites is 1. The van der Waals surface area contributed by atoms with E-state index in [4.69, 9.17) is 0 Å². The molecule has 3 rings (SSSR count). The first kappa shape index (κ1) is 16.5. The summed E-state index contributed by atoms with van der Waals surface area (Å²) in [5.74, 6) is -0.377. The molecule has 0 atom stereocenters. The number of hydrogen-bond acceptors (Lipinski definition) is 2. The Morgan fingerprint density at radius 3 is 2.76 bits per heavy atom. The number of carbonyl (C=O) groups is 1. The van der Waals surface area contributed by atoms with Gasteiger partial charge in [-0.3, -0.25) is 4.79 Å². The van der Waals surface area contributed by atoms with Gasteiger partial charge >= 0.3 is 0 Å². The molecule has 0 fully saturated rings. The summed E-state index contributed by atoms with van der Waals surface area (Å²) in [5, 5.41) is 12.8. The largest absolute Gasteiger partial charge is 0.354 e. The molecule has 124 valence electrons. The lowest BCUT2D eigenvalue weighted by Crippen LogP contribution is -2.19. The minimum Gasteiger partial charge on any atom is -0.354 e. The van der Waals surface area contributed by atoms with Crippen LogP contribution in [0.25, 0.3) is 17.0 Å². The summed E-state index contributed by atoms with van der Waals surface area (Å²) in [6, 6.07) is 18.4. The van der Waals surface area contributed by atoms with Gasteiger partial charge < -0.3 is 9.88 Å². The van der Waals surface area contributed by atoms with Gasteiger partial charge in [-0.1, -0.05) is 48.0 Å². The summed E-state index contributed by atoms with van der Waals surface area (Å²) in [6.45, 7) is 2.81. The monoisotopic (exact) mass is 329 g/mol. The first-order valence-corrected chi connectivity index (χ1v) is 8.09. The SMILES string of the molecule is CNC(=O)/C(C#N)=C\c1cn(Cc2cccc(C)c2)c2ccccc12. The Balaban J connectivity index is 2.08. The maximum Gasteiger partial charge on any atom is 0.261 e. The number of nitriles is 1. The molecule has 1 N–H and O–H groups in total. The molecule has 4 nitrogen and oxygen atoms in total. The smallest absolute Gasteiger partial charge is 0.261 e. The van der Waals surface area contributed by atoms with Gasteiger partial charge in [0.1, 0.15) is 11.6 Å². The maximum absolute atomic E-state index is 11.8. The van der Waals surface area contributed by atoms with Gasteiger partial charge in [-0.25, -0.2) is 0 Å². The van der Waals surface area contributed by atoms with E-state index >= 15 is 0 Å². The summed E-state index contributed by atoms with van der Waals surface area (Å²) < 4.78 is 2.15. The van der Waals surface area contributed by atoms with Crippen molar-refractivity contribution in [2.75, 3.05) is 7.05 Å². The van der Waals surface area contributed by atoms with Gasteiger partial charge in [0.15, 0.2) is 0 Å². The Morgan fingerprint density at radius 1 is 1.24 bits per heavy atom. The molecule has 0 spiro atoms. The molecule has 0 bridgehead atoms. The highest BCUT2D eigenvalue weighted by Gasteiger charge is 2.11. The first-order chi connectivity index (χ1) is 12.1. The average molecular weight is 329 g/mol. The average Bonchev–Trinajstić information content (AvgIpc) is 2.97. The number of aryl methyl sites for hydroxylation is 1. The third-order valence-corrected chi connectivity index (χ3v) is 4.15. The number of fused-ring (bicyclic) bond motifs is 1. The van der Waals surface area contributed by atoms with Gasteiger partial charge in [-0.05, 0) is 24.6 Å². The van der Waals surface area contributed by atoms with Crippen molar-refractivity contribution >= 4 is 22.9 Å². The second-order valence-corrected chi connectivity index (χ2v) is 5.97. The van der Waals surface area contributed by atoms with Crippen molar-refractivity contribution in [3.05, 3.63) is 77.0 Å². The normalized spacial score (nSPS) is 11.3. The van der Waals surface area contributed by atoms with Crippen LogP contribution < -0.4 is 5.32 Å². The second-order valence-electron chi connectivity index (χ2n) is 5.97. The summed E-state index contributed by atoms with van der Waals surface area (Å²) in [5.41, 5.74) is 4.47. The van der Waals surface area contributed by atoms with E-state index in [1.165, 1.54) is 18.2 Å². The number of nitrogens with one attached hydrogen (secondary N) is 1. The summed E-state index contributed by atoms with van der Waals surface area (Å²) in [6.07, 6.45) is 3.64. The number of carbonyl (C=O) groups excluding carboxylic acids is 1. The lowest BCUT2D eigenvalue weighted by molar-refractivity contribution is -0.116. The van der Waals surface area contributed by atoms with E-state index in [0.29, 0.717) is 0 Å². The van der Waals surface area contributed by atoms with Crippen LogP contribution in [0.15, 0.2) is 60.3 Å². The third kappa shape index (κ3) is 3.46. The first-order valence-electron chi connectivity index (χ1n) is 8.09. The zero-order chi connectivity index (χ0) is 17.8. The number of likely N-dealkylation sites (N-methyl/N-ethyl adjacent to an activating group) is 1. The molecular weight excluding hydrogens is 310 g/mol. The fourth-order valence-corrected chi connectivity index (χ4v) is 2.97. The van der Waals surface area contributed by atoms with Crippen LogP contribution in [-0.2, 0) is 11.3 Å². The lowest BCUT2D eigenvalue weighted by Gasteiger charge is -2.06. The van der Waals surface area contributed by atoms with Gasteiger partial charge in [0, 0.05) is 36.3 Å². The standard InChI is InChI=1S/C21H19N3O/c1-15-6-5-7-16(10-15)13-24-14-18(11-17(12-22)21(25)23-2)19-8-3-4-9-20(19)24/h3-11,14H,13H2,1-2H3,(H,23,25)/b17-11-. The molecule has 0 aliphatic heterocycles. The number of aromatic nitrogens is 1. The highest BCUT2D eigenvalue weighted by molar-refractivity contribution is 6.03. The molecule has 1 aromatic heterocycles. The fourth-order valence-electron chi connectivity index (χ4n) is 2.97. The quantitative estimate of drug-likeness (QED) is 0.587. The van der Waals surface area contributed by atoms with E-state index in [-0.39, 0.29) is 11.5 Å². The topological polar surface area (TPSA) is 57.8 Å². The Kier molecular flexibility index (Phi) is 4.67. The number of hydrogen-bond donors (Lipinski definition) is 1. The molecule has 1 heterocycles. The van der Waals surface area contributed by atoms with Crippen LogP contribution in [0.1, 0.15) is 16.7 Å². The van der Waals surface area contributed by atoms with Gasteiger partial charge in [0.05, 0.1) is 0 Å². The molecule has 0 aliphatic carbocycles. The van der Waals surface area contributed by atoms with E-state index in [0.717, 1.165) is 23.0 Å². The Labute approximate surface area is 147 Å². The number of benzene rings is 2. The van der Waals surface area contributed by atoms with Crippen LogP contribution in [0.2, 0.25) is 0 Å². The fraction of sp³-hybridized carbons (Fsp3) is 0.143. The highest BCUT2D eigenvalue weighted by atomic mass is 16.1. The summed E-state index contributed by atoms with van der Waals surface area (Å²) in [4.78, 5) is 11.8. The van der Waals surface area contributed by atoms with Crippen LogP contribution in [-0.4, -0.2) is 17.5 Å². The van der Waals surface area contributed by atoms with Crippen molar-refractivity contribution in [2.45, 2.75) is 13.5 Å². The Bertz CT molecular complexity index is 1010. The minimum absolute atomic E-state index is 0.0981. The molecule has 0 saturated heterocycles. The Hall–Kier alpha value is -3.32. The molecule has 4 heteroatoms. The predicted octanol–water partition coefficient (Wildman–Crippen LogP) is 3.65. The van der Waals surface area contributed by atoms with E-state index in [1.54, 1.807) is 6.08 Å². The summed E-state index contributed by atoms with van der Waals surface area (Å²) in [7, 11) is 1.52. The van der Waals surface area contributed by atoms with Crippen LogP contribution in [0, 0.1) is 18.3 Å². The Morgan fingerprint density at radius 2 is 2.04 bits per heavy atom. The number of rotatable bonds is 4. The van der Waals surface area contributed by atoms with Crippen LogP contribution in [0.4, 0.5) is 0 Å². The predicted molar refractivity (Wildman–Crippen MR) is 99.9 cm³/mol. The summed E-state index contributed by atoms with van der Waals surface area (Å²) >= 11 is 0. The van der Waals surface area contributed by atoms with E-state index < -0.39 is 0 Å². The lowest BCUT2D eigenvalue weighted by atomic mass is 10.1. The van der Waals surface area contributed by atoms with Crippen LogP contribution in [0.3, 0.4) is 0 Å². The molecular formula is C21H19N3O.